The van der Waals surface area contributed by atoms with Crippen molar-refractivity contribution in [2.75, 3.05) is 32.1 Å². The van der Waals surface area contributed by atoms with Gasteiger partial charge in [0.05, 0.1) is 5.69 Å². The molecule has 134 valence electrons. The molecule has 0 fully saturated rings. The first-order chi connectivity index (χ1) is 10.6. The van der Waals surface area contributed by atoms with E-state index in [0.29, 0.717) is 5.92 Å². The van der Waals surface area contributed by atoms with Crippen molar-refractivity contribution in [3.63, 3.8) is 0 Å². The third-order valence-corrected chi connectivity index (χ3v) is 4.19. The van der Waals surface area contributed by atoms with Crippen molar-refractivity contribution < 1.29 is 0 Å². The van der Waals surface area contributed by atoms with E-state index in [1.165, 1.54) is 24.3 Å². The number of guanidine groups is 1. The lowest BCUT2D eigenvalue weighted by atomic mass is 10.2. The van der Waals surface area contributed by atoms with Gasteiger partial charge in [-0.05, 0) is 50.7 Å². The molecule has 1 rings (SSSR count). The largest absolute Gasteiger partial charge is 0.356 e. The van der Waals surface area contributed by atoms with Gasteiger partial charge in [-0.3, -0.25) is 9.67 Å². The molecule has 0 aliphatic carbocycles. The van der Waals surface area contributed by atoms with Crippen LogP contribution in [0.15, 0.2) is 11.1 Å². The molecule has 1 heterocycles. The van der Waals surface area contributed by atoms with E-state index >= 15 is 0 Å². The molecule has 23 heavy (non-hydrogen) atoms. The van der Waals surface area contributed by atoms with E-state index in [-0.39, 0.29) is 24.0 Å². The Bertz CT molecular complexity index is 461. The summed E-state index contributed by atoms with van der Waals surface area (Å²) >= 11 is 1.90. The SMILES string of the molecule is CN=C(NCCCCSC)NCC(C)Cn1nc(C)cc1C.I. The van der Waals surface area contributed by atoms with Gasteiger partial charge in [-0.2, -0.15) is 16.9 Å². The average molecular weight is 453 g/mol. The first-order valence-corrected chi connectivity index (χ1v) is 9.40. The predicted octanol–water partition coefficient (Wildman–Crippen LogP) is 3.06. The van der Waals surface area contributed by atoms with Gasteiger partial charge >= 0.3 is 0 Å². The van der Waals surface area contributed by atoms with Gasteiger partial charge < -0.3 is 10.6 Å². The summed E-state index contributed by atoms with van der Waals surface area (Å²) in [5.74, 6) is 2.62. The van der Waals surface area contributed by atoms with E-state index in [4.69, 9.17) is 0 Å². The molecule has 0 aliphatic rings. The van der Waals surface area contributed by atoms with Crippen molar-refractivity contribution >= 4 is 41.7 Å². The van der Waals surface area contributed by atoms with Crippen molar-refractivity contribution in [3.8, 4) is 0 Å². The highest BCUT2D eigenvalue weighted by molar-refractivity contribution is 14.0. The summed E-state index contributed by atoms with van der Waals surface area (Å²) in [5, 5.41) is 11.3. The van der Waals surface area contributed by atoms with Crippen molar-refractivity contribution in [3.05, 3.63) is 17.5 Å². The number of aryl methyl sites for hydroxylation is 2. The van der Waals surface area contributed by atoms with Crippen LogP contribution in [0, 0.1) is 19.8 Å². The summed E-state index contributed by atoms with van der Waals surface area (Å²) in [6, 6.07) is 2.12. The van der Waals surface area contributed by atoms with Crippen LogP contribution >= 0.6 is 35.7 Å². The molecule has 2 N–H and O–H groups in total. The summed E-state index contributed by atoms with van der Waals surface area (Å²) in [5.41, 5.74) is 2.31. The molecule has 0 radical (unpaired) electrons. The lowest BCUT2D eigenvalue weighted by molar-refractivity contribution is 0.436. The van der Waals surface area contributed by atoms with E-state index in [0.717, 1.165) is 31.3 Å². The van der Waals surface area contributed by atoms with Crippen LogP contribution in [-0.2, 0) is 6.54 Å². The Hall–Kier alpha value is -0.440. The van der Waals surface area contributed by atoms with E-state index in [1.807, 2.05) is 25.7 Å². The van der Waals surface area contributed by atoms with Crippen LogP contribution in [-0.4, -0.2) is 47.9 Å². The second kappa shape index (κ2) is 12.9. The number of halogens is 1. The number of thioether (sulfide) groups is 1. The van der Waals surface area contributed by atoms with E-state index in [2.05, 4.69) is 51.6 Å². The normalized spacial score (nSPS) is 12.7. The van der Waals surface area contributed by atoms with Gasteiger partial charge in [0.2, 0.25) is 0 Å². The zero-order valence-electron chi connectivity index (χ0n) is 15.1. The summed E-state index contributed by atoms with van der Waals surface area (Å²) in [7, 11) is 1.82. The standard InChI is InChI=1S/C16H31N5S.HI/c1-13(12-21-15(3)10-14(2)20-21)11-19-16(17-4)18-8-6-7-9-22-5;/h10,13H,6-9,11-12H2,1-5H3,(H2,17,18,19);1H. The highest BCUT2D eigenvalue weighted by Gasteiger charge is 2.08. The van der Waals surface area contributed by atoms with Gasteiger partial charge in [0.1, 0.15) is 0 Å². The van der Waals surface area contributed by atoms with Crippen LogP contribution in [0.2, 0.25) is 0 Å². The first-order valence-electron chi connectivity index (χ1n) is 8.01. The molecule has 0 bridgehead atoms. The summed E-state index contributed by atoms with van der Waals surface area (Å²) < 4.78 is 2.08. The fraction of sp³-hybridized carbons (Fsp3) is 0.750. The maximum absolute atomic E-state index is 4.52. The second-order valence-corrected chi connectivity index (χ2v) is 6.78. The van der Waals surface area contributed by atoms with E-state index in [1.54, 1.807) is 0 Å². The van der Waals surface area contributed by atoms with Gasteiger partial charge in [-0.1, -0.05) is 6.92 Å². The molecule has 5 nitrogen and oxygen atoms in total. The number of nitrogens with one attached hydrogen (secondary N) is 2. The second-order valence-electron chi connectivity index (χ2n) is 5.79. The maximum Gasteiger partial charge on any atom is 0.190 e. The molecule has 1 aromatic heterocycles. The lowest BCUT2D eigenvalue weighted by Crippen LogP contribution is -2.40. The van der Waals surface area contributed by atoms with E-state index < -0.39 is 0 Å². The first kappa shape index (κ1) is 22.6. The van der Waals surface area contributed by atoms with Crippen LogP contribution in [0.5, 0.6) is 0 Å². The Morgan fingerprint density at radius 1 is 1.35 bits per heavy atom. The van der Waals surface area contributed by atoms with Crippen LogP contribution in [0.3, 0.4) is 0 Å². The third kappa shape index (κ3) is 9.44. The Balaban J connectivity index is 0.00000484. The quantitative estimate of drug-likeness (QED) is 0.261. The average Bonchev–Trinajstić information content (AvgIpc) is 2.79. The number of hydrogen-bond acceptors (Lipinski definition) is 3. The summed E-state index contributed by atoms with van der Waals surface area (Å²) in [6.07, 6.45) is 4.58. The zero-order valence-corrected chi connectivity index (χ0v) is 18.2. The maximum atomic E-state index is 4.52. The highest BCUT2D eigenvalue weighted by atomic mass is 127. The van der Waals surface area contributed by atoms with Crippen molar-refractivity contribution in [1.82, 2.24) is 20.4 Å². The summed E-state index contributed by atoms with van der Waals surface area (Å²) in [6.45, 7) is 9.17. The molecule has 0 saturated heterocycles. The minimum atomic E-state index is 0. The topological polar surface area (TPSA) is 54.2 Å². The van der Waals surface area contributed by atoms with Crippen LogP contribution in [0.4, 0.5) is 0 Å². The van der Waals surface area contributed by atoms with Gasteiger partial charge in [0.15, 0.2) is 5.96 Å². The molecular formula is C16H32IN5S. The minimum absolute atomic E-state index is 0. The lowest BCUT2D eigenvalue weighted by Gasteiger charge is -2.16. The molecule has 7 heteroatoms. The molecule has 0 aliphatic heterocycles. The fourth-order valence-corrected chi connectivity index (χ4v) is 2.78. The van der Waals surface area contributed by atoms with Crippen molar-refractivity contribution in [1.29, 1.82) is 0 Å². The van der Waals surface area contributed by atoms with Gasteiger partial charge in [-0.25, -0.2) is 0 Å². The zero-order chi connectivity index (χ0) is 16.4. The van der Waals surface area contributed by atoms with Crippen LogP contribution in [0.25, 0.3) is 0 Å². The number of aromatic nitrogens is 2. The van der Waals surface area contributed by atoms with Crippen LogP contribution < -0.4 is 10.6 Å². The Morgan fingerprint density at radius 3 is 2.65 bits per heavy atom. The van der Waals surface area contributed by atoms with Gasteiger partial charge in [0, 0.05) is 32.4 Å². The van der Waals surface area contributed by atoms with Gasteiger partial charge in [0.25, 0.3) is 0 Å². The number of nitrogens with zero attached hydrogens (tertiary/aromatic N) is 3. The smallest absolute Gasteiger partial charge is 0.190 e. The Kier molecular flexibility index (Phi) is 12.7. The van der Waals surface area contributed by atoms with Crippen molar-refractivity contribution in [2.24, 2.45) is 10.9 Å². The molecular weight excluding hydrogens is 421 g/mol. The number of hydrogen-bond donors (Lipinski definition) is 2. The fourth-order valence-electron chi connectivity index (χ4n) is 2.29. The monoisotopic (exact) mass is 453 g/mol. The van der Waals surface area contributed by atoms with Gasteiger partial charge in [-0.15, -0.1) is 24.0 Å². The molecule has 1 unspecified atom stereocenters. The Morgan fingerprint density at radius 2 is 2.09 bits per heavy atom. The molecule has 0 amide bonds. The number of aliphatic imine (C=N–C) groups is 1. The minimum Gasteiger partial charge on any atom is -0.356 e. The molecule has 0 aromatic carbocycles. The predicted molar refractivity (Wildman–Crippen MR) is 113 cm³/mol. The number of unbranched alkanes of at least 4 members (excludes halogenated alkanes) is 1. The third-order valence-electron chi connectivity index (χ3n) is 3.50. The molecule has 0 saturated carbocycles. The Labute approximate surface area is 162 Å². The summed E-state index contributed by atoms with van der Waals surface area (Å²) in [4.78, 5) is 4.27. The highest BCUT2D eigenvalue weighted by Crippen LogP contribution is 2.05. The molecule has 0 spiro atoms. The van der Waals surface area contributed by atoms with Crippen LogP contribution in [0.1, 0.15) is 31.2 Å². The molecule has 1 aromatic rings. The molecule has 1 atom stereocenters. The van der Waals surface area contributed by atoms with E-state index in [9.17, 15) is 0 Å². The number of rotatable bonds is 9. The van der Waals surface area contributed by atoms with Crippen molar-refractivity contribution in [2.45, 2.75) is 40.2 Å².